The molecule has 1 amide bonds. The Hall–Kier alpha value is -2.72. The van der Waals surface area contributed by atoms with E-state index in [1.807, 2.05) is 24.3 Å². The van der Waals surface area contributed by atoms with Crippen LogP contribution >= 0.6 is 0 Å². The SMILES string of the molecule is O=C(CN1CCCCC1)N/N=C\c1c2ccccc2cc2ccccc12. The summed E-state index contributed by atoms with van der Waals surface area (Å²) in [6, 6.07) is 18.7. The van der Waals surface area contributed by atoms with Gasteiger partial charge in [0.25, 0.3) is 5.91 Å². The van der Waals surface area contributed by atoms with Crippen LogP contribution in [0.4, 0.5) is 0 Å². The first-order chi connectivity index (χ1) is 12.8. The van der Waals surface area contributed by atoms with Crippen molar-refractivity contribution in [1.29, 1.82) is 0 Å². The van der Waals surface area contributed by atoms with Crippen molar-refractivity contribution in [2.75, 3.05) is 19.6 Å². The number of nitrogens with zero attached hydrogens (tertiary/aromatic N) is 2. The van der Waals surface area contributed by atoms with E-state index in [0.29, 0.717) is 6.54 Å². The Balaban J connectivity index is 1.57. The van der Waals surface area contributed by atoms with Gasteiger partial charge in [-0.05, 0) is 53.5 Å². The zero-order valence-electron chi connectivity index (χ0n) is 14.8. The molecule has 4 nitrogen and oxygen atoms in total. The van der Waals surface area contributed by atoms with Crippen LogP contribution in [0.15, 0.2) is 59.7 Å². The molecule has 0 spiro atoms. The molecule has 132 valence electrons. The lowest BCUT2D eigenvalue weighted by atomic mass is 9.97. The molecule has 0 radical (unpaired) electrons. The van der Waals surface area contributed by atoms with Crippen LogP contribution in [0.25, 0.3) is 21.5 Å². The van der Waals surface area contributed by atoms with Gasteiger partial charge in [0.1, 0.15) is 0 Å². The Labute approximate surface area is 153 Å². The molecule has 1 saturated heterocycles. The van der Waals surface area contributed by atoms with Gasteiger partial charge in [0, 0.05) is 5.56 Å². The number of likely N-dealkylation sites (tertiary alicyclic amines) is 1. The molecule has 4 heteroatoms. The second-order valence-corrected chi connectivity index (χ2v) is 6.86. The number of fused-ring (bicyclic) bond motifs is 2. The number of nitrogens with one attached hydrogen (secondary N) is 1. The molecule has 1 N–H and O–H groups in total. The Bertz CT molecular complexity index is 904. The Morgan fingerprint density at radius 3 is 2.23 bits per heavy atom. The smallest absolute Gasteiger partial charge is 0.254 e. The van der Waals surface area contributed by atoms with Crippen LogP contribution in [-0.4, -0.2) is 36.7 Å². The number of hydrazone groups is 1. The minimum Gasteiger partial charge on any atom is -0.294 e. The number of carbonyl (C=O) groups is 1. The van der Waals surface area contributed by atoms with Crippen LogP contribution in [-0.2, 0) is 4.79 Å². The predicted molar refractivity (Wildman–Crippen MR) is 107 cm³/mol. The van der Waals surface area contributed by atoms with E-state index in [1.54, 1.807) is 6.21 Å². The molecule has 0 atom stereocenters. The second kappa shape index (κ2) is 7.67. The van der Waals surface area contributed by atoms with Crippen molar-refractivity contribution in [2.45, 2.75) is 19.3 Å². The van der Waals surface area contributed by atoms with Gasteiger partial charge in [0.05, 0.1) is 12.8 Å². The minimum absolute atomic E-state index is 0.0484. The topological polar surface area (TPSA) is 44.7 Å². The zero-order valence-corrected chi connectivity index (χ0v) is 14.8. The summed E-state index contributed by atoms with van der Waals surface area (Å²) in [6.45, 7) is 2.43. The Kier molecular flexibility index (Phi) is 4.93. The van der Waals surface area contributed by atoms with Gasteiger partial charge in [-0.1, -0.05) is 55.0 Å². The molecule has 0 aliphatic carbocycles. The van der Waals surface area contributed by atoms with Crippen molar-refractivity contribution in [3.63, 3.8) is 0 Å². The Morgan fingerprint density at radius 1 is 0.962 bits per heavy atom. The molecule has 3 aromatic rings. The minimum atomic E-state index is -0.0484. The van der Waals surface area contributed by atoms with Gasteiger partial charge < -0.3 is 0 Å². The van der Waals surface area contributed by atoms with Gasteiger partial charge in [-0.25, -0.2) is 5.43 Å². The van der Waals surface area contributed by atoms with Crippen molar-refractivity contribution < 1.29 is 4.79 Å². The van der Waals surface area contributed by atoms with E-state index in [9.17, 15) is 4.79 Å². The molecule has 4 rings (SSSR count). The lowest BCUT2D eigenvalue weighted by molar-refractivity contribution is -0.122. The second-order valence-electron chi connectivity index (χ2n) is 6.86. The maximum Gasteiger partial charge on any atom is 0.254 e. The van der Waals surface area contributed by atoms with Crippen LogP contribution in [0.1, 0.15) is 24.8 Å². The summed E-state index contributed by atoms with van der Waals surface area (Å²) in [5.41, 5.74) is 3.74. The summed E-state index contributed by atoms with van der Waals surface area (Å²) in [6.07, 6.45) is 5.40. The highest BCUT2D eigenvalue weighted by Gasteiger charge is 2.13. The van der Waals surface area contributed by atoms with Gasteiger partial charge in [0.2, 0.25) is 0 Å². The quantitative estimate of drug-likeness (QED) is 0.442. The highest BCUT2D eigenvalue weighted by Crippen LogP contribution is 2.27. The van der Waals surface area contributed by atoms with Crippen LogP contribution in [0, 0.1) is 0 Å². The van der Waals surface area contributed by atoms with Crippen LogP contribution < -0.4 is 5.43 Å². The molecular formula is C22H23N3O. The number of benzene rings is 3. The molecule has 1 fully saturated rings. The van der Waals surface area contributed by atoms with E-state index in [-0.39, 0.29) is 5.91 Å². The molecule has 0 bridgehead atoms. The van der Waals surface area contributed by atoms with E-state index in [1.165, 1.54) is 30.0 Å². The molecule has 1 aliphatic rings. The van der Waals surface area contributed by atoms with Crippen molar-refractivity contribution in [3.8, 4) is 0 Å². The van der Waals surface area contributed by atoms with E-state index >= 15 is 0 Å². The number of rotatable bonds is 4. The monoisotopic (exact) mass is 345 g/mol. The molecule has 26 heavy (non-hydrogen) atoms. The summed E-state index contributed by atoms with van der Waals surface area (Å²) >= 11 is 0. The van der Waals surface area contributed by atoms with E-state index in [0.717, 1.165) is 29.4 Å². The summed E-state index contributed by atoms with van der Waals surface area (Å²) in [4.78, 5) is 14.4. The van der Waals surface area contributed by atoms with E-state index in [2.05, 4.69) is 45.8 Å². The number of hydrogen-bond donors (Lipinski definition) is 1. The predicted octanol–water partition coefficient (Wildman–Crippen LogP) is 3.93. The average Bonchev–Trinajstić information content (AvgIpc) is 2.68. The maximum atomic E-state index is 12.2. The molecule has 3 aromatic carbocycles. The van der Waals surface area contributed by atoms with Crippen LogP contribution in [0.5, 0.6) is 0 Å². The molecule has 1 heterocycles. The number of carbonyl (C=O) groups excluding carboxylic acids is 1. The lowest BCUT2D eigenvalue weighted by Crippen LogP contribution is -2.38. The van der Waals surface area contributed by atoms with Gasteiger partial charge in [-0.15, -0.1) is 0 Å². The molecule has 0 unspecified atom stereocenters. The summed E-state index contributed by atoms with van der Waals surface area (Å²) in [7, 11) is 0. The van der Waals surface area contributed by atoms with Gasteiger partial charge in [0.15, 0.2) is 0 Å². The fourth-order valence-corrected chi connectivity index (χ4v) is 3.71. The first kappa shape index (κ1) is 16.7. The standard InChI is InChI=1S/C22H23N3O/c26-22(16-25-12-6-1-7-13-25)24-23-15-21-19-10-4-2-8-17(19)14-18-9-3-5-11-20(18)21/h2-5,8-11,14-15H,1,6-7,12-13,16H2,(H,24,26)/b23-15-. The fraction of sp³-hybridized carbons (Fsp3) is 0.273. The number of piperidine rings is 1. The molecule has 1 aliphatic heterocycles. The number of amides is 1. The van der Waals surface area contributed by atoms with Crippen molar-refractivity contribution in [2.24, 2.45) is 5.10 Å². The third-order valence-corrected chi connectivity index (χ3v) is 5.01. The maximum absolute atomic E-state index is 12.2. The first-order valence-electron chi connectivity index (χ1n) is 9.26. The average molecular weight is 345 g/mol. The highest BCUT2D eigenvalue weighted by molar-refractivity contribution is 6.13. The number of hydrogen-bond acceptors (Lipinski definition) is 3. The third kappa shape index (κ3) is 3.60. The van der Waals surface area contributed by atoms with E-state index in [4.69, 9.17) is 0 Å². The lowest BCUT2D eigenvalue weighted by Gasteiger charge is -2.25. The molecule has 0 aromatic heterocycles. The zero-order chi connectivity index (χ0) is 17.8. The summed E-state index contributed by atoms with van der Waals surface area (Å²) < 4.78 is 0. The first-order valence-corrected chi connectivity index (χ1v) is 9.26. The normalized spacial score (nSPS) is 15.7. The highest BCUT2D eigenvalue weighted by atomic mass is 16.2. The molecular weight excluding hydrogens is 322 g/mol. The summed E-state index contributed by atoms with van der Waals surface area (Å²) in [5.74, 6) is -0.0484. The van der Waals surface area contributed by atoms with Crippen molar-refractivity contribution in [3.05, 3.63) is 60.2 Å². The third-order valence-electron chi connectivity index (χ3n) is 5.01. The fourth-order valence-electron chi connectivity index (χ4n) is 3.71. The van der Waals surface area contributed by atoms with Crippen molar-refractivity contribution in [1.82, 2.24) is 10.3 Å². The summed E-state index contributed by atoms with van der Waals surface area (Å²) in [5, 5.41) is 8.88. The largest absolute Gasteiger partial charge is 0.294 e. The van der Waals surface area contributed by atoms with Crippen molar-refractivity contribution >= 4 is 33.7 Å². The van der Waals surface area contributed by atoms with Crippen LogP contribution in [0.3, 0.4) is 0 Å². The van der Waals surface area contributed by atoms with Crippen LogP contribution in [0.2, 0.25) is 0 Å². The van der Waals surface area contributed by atoms with Gasteiger partial charge >= 0.3 is 0 Å². The van der Waals surface area contributed by atoms with Gasteiger partial charge in [-0.2, -0.15) is 5.10 Å². The van der Waals surface area contributed by atoms with Gasteiger partial charge in [-0.3, -0.25) is 9.69 Å². The Morgan fingerprint density at radius 2 is 1.58 bits per heavy atom. The van der Waals surface area contributed by atoms with E-state index < -0.39 is 0 Å². The molecule has 0 saturated carbocycles.